The molecule has 4 rings (SSSR count). The van der Waals surface area contributed by atoms with Gasteiger partial charge >= 0.3 is 0 Å². The summed E-state index contributed by atoms with van der Waals surface area (Å²) in [5, 5.41) is 15.8. The van der Waals surface area contributed by atoms with Gasteiger partial charge in [0, 0.05) is 11.4 Å². The van der Waals surface area contributed by atoms with Crippen LogP contribution in [0.25, 0.3) is 11.0 Å². The van der Waals surface area contributed by atoms with Crippen molar-refractivity contribution in [2.75, 3.05) is 5.73 Å². The van der Waals surface area contributed by atoms with Gasteiger partial charge < -0.3 is 10.8 Å². The zero-order valence-electron chi connectivity index (χ0n) is 12.4. The number of hydrogen-bond acceptors (Lipinski definition) is 5. The Labute approximate surface area is 137 Å². The number of hydrogen-bond donors (Lipinski definition) is 2. The standard InChI is InChI=1S/C16H16ClN5O/c17-10-3-1-2-9(4-10)5-13-14-15(18)19-8-20-16(14)22(21-13)11-6-12(23)7-11/h1-4,8,11-12,23H,5-7H2,(H2,18,19,20)/t11-,12-. The summed E-state index contributed by atoms with van der Waals surface area (Å²) in [6.07, 6.45) is 3.19. The van der Waals surface area contributed by atoms with Crippen LogP contribution in [0.2, 0.25) is 5.02 Å². The summed E-state index contributed by atoms with van der Waals surface area (Å²) in [7, 11) is 0. The molecule has 0 spiro atoms. The minimum absolute atomic E-state index is 0.162. The van der Waals surface area contributed by atoms with Gasteiger partial charge in [-0.25, -0.2) is 14.6 Å². The van der Waals surface area contributed by atoms with Crippen LogP contribution in [0.15, 0.2) is 30.6 Å². The highest BCUT2D eigenvalue weighted by Gasteiger charge is 2.32. The number of anilines is 1. The molecule has 23 heavy (non-hydrogen) atoms. The summed E-state index contributed by atoms with van der Waals surface area (Å²) in [5.74, 6) is 0.429. The summed E-state index contributed by atoms with van der Waals surface area (Å²) < 4.78 is 1.87. The Kier molecular flexibility index (Phi) is 3.43. The molecule has 6 nitrogen and oxygen atoms in total. The zero-order valence-corrected chi connectivity index (χ0v) is 13.1. The molecule has 3 aromatic rings. The van der Waals surface area contributed by atoms with E-state index in [0.717, 1.165) is 22.3 Å². The molecule has 0 radical (unpaired) electrons. The zero-order chi connectivity index (χ0) is 16.0. The van der Waals surface area contributed by atoms with Gasteiger partial charge in [-0.3, -0.25) is 0 Å². The molecule has 0 bridgehead atoms. The first-order chi connectivity index (χ1) is 11.1. The van der Waals surface area contributed by atoms with E-state index in [4.69, 9.17) is 22.4 Å². The Morgan fingerprint density at radius 2 is 2.13 bits per heavy atom. The van der Waals surface area contributed by atoms with Crippen LogP contribution in [0, 0.1) is 0 Å². The van der Waals surface area contributed by atoms with Crippen molar-refractivity contribution in [2.45, 2.75) is 31.4 Å². The van der Waals surface area contributed by atoms with Crippen molar-refractivity contribution in [1.29, 1.82) is 0 Å². The first-order valence-corrected chi connectivity index (χ1v) is 7.89. The van der Waals surface area contributed by atoms with Gasteiger partial charge in [0.25, 0.3) is 0 Å². The van der Waals surface area contributed by atoms with E-state index in [0.29, 0.717) is 30.1 Å². The molecule has 0 atom stereocenters. The van der Waals surface area contributed by atoms with Gasteiger partial charge in [0.05, 0.1) is 23.2 Å². The SMILES string of the molecule is Nc1ncnc2c1c(Cc1cccc(Cl)c1)nn2[C@H]1C[C@H](O)C1. The maximum absolute atomic E-state index is 9.57. The van der Waals surface area contributed by atoms with Crippen molar-refractivity contribution in [1.82, 2.24) is 19.7 Å². The third-order valence-electron chi connectivity index (χ3n) is 4.29. The second kappa shape index (κ2) is 5.47. The van der Waals surface area contributed by atoms with Crippen LogP contribution in [0.1, 0.15) is 30.1 Å². The molecule has 2 heterocycles. The van der Waals surface area contributed by atoms with Crippen molar-refractivity contribution >= 4 is 28.5 Å². The molecule has 0 unspecified atom stereocenters. The van der Waals surface area contributed by atoms with Gasteiger partial charge in [-0.1, -0.05) is 23.7 Å². The molecule has 1 aliphatic rings. The second-order valence-corrected chi connectivity index (χ2v) is 6.37. The second-order valence-electron chi connectivity index (χ2n) is 5.93. The van der Waals surface area contributed by atoms with Crippen LogP contribution in [0.5, 0.6) is 0 Å². The summed E-state index contributed by atoms with van der Waals surface area (Å²) in [4.78, 5) is 8.45. The predicted molar refractivity (Wildman–Crippen MR) is 88.3 cm³/mol. The lowest BCUT2D eigenvalue weighted by atomic mass is 9.90. The molecule has 3 N–H and O–H groups in total. The highest BCUT2D eigenvalue weighted by molar-refractivity contribution is 6.30. The number of fused-ring (bicyclic) bond motifs is 1. The monoisotopic (exact) mass is 329 g/mol. The molecule has 0 amide bonds. The largest absolute Gasteiger partial charge is 0.393 e. The lowest BCUT2D eigenvalue weighted by Crippen LogP contribution is -2.31. The lowest BCUT2D eigenvalue weighted by Gasteiger charge is -2.31. The van der Waals surface area contributed by atoms with E-state index < -0.39 is 0 Å². The highest BCUT2D eigenvalue weighted by atomic mass is 35.5. The molecule has 1 saturated carbocycles. The normalized spacial score (nSPS) is 20.6. The number of rotatable bonds is 3. The number of nitrogen functional groups attached to an aromatic ring is 1. The Bertz CT molecular complexity index is 872. The molecule has 118 valence electrons. The fourth-order valence-corrected chi connectivity index (χ4v) is 3.26. The van der Waals surface area contributed by atoms with Gasteiger partial charge in [-0.05, 0) is 30.5 Å². The molecule has 1 aromatic carbocycles. The molecule has 2 aromatic heterocycles. The molecule has 7 heteroatoms. The maximum Gasteiger partial charge on any atom is 0.163 e. The predicted octanol–water partition coefficient (Wildman–Crippen LogP) is 2.35. The van der Waals surface area contributed by atoms with Gasteiger partial charge in [0.15, 0.2) is 5.65 Å². The van der Waals surface area contributed by atoms with Crippen molar-refractivity contribution in [3.63, 3.8) is 0 Å². The number of aromatic nitrogens is 4. The lowest BCUT2D eigenvalue weighted by molar-refractivity contribution is 0.0449. The summed E-state index contributed by atoms with van der Waals surface area (Å²) >= 11 is 6.06. The van der Waals surface area contributed by atoms with E-state index in [-0.39, 0.29) is 12.1 Å². The van der Waals surface area contributed by atoms with Gasteiger partial charge in [-0.2, -0.15) is 5.10 Å². The first-order valence-electron chi connectivity index (χ1n) is 7.52. The Morgan fingerprint density at radius 1 is 1.30 bits per heavy atom. The number of aliphatic hydroxyl groups excluding tert-OH is 1. The van der Waals surface area contributed by atoms with Crippen LogP contribution in [0.3, 0.4) is 0 Å². The van der Waals surface area contributed by atoms with Crippen LogP contribution in [0.4, 0.5) is 5.82 Å². The highest BCUT2D eigenvalue weighted by Crippen LogP contribution is 2.35. The molecule has 1 aliphatic carbocycles. The molecule has 0 saturated heterocycles. The summed E-state index contributed by atoms with van der Waals surface area (Å²) in [6.45, 7) is 0. The fourth-order valence-electron chi connectivity index (χ4n) is 3.04. The van der Waals surface area contributed by atoms with Crippen LogP contribution < -0.4 is 5.73 Å². The first kappa shape index (κ1) is 14.4. The van der Waals surface area contributed by atoms with Crippen molar-refractivity contribution in [3.8, 4) is 0 Å². The van der Waals surface area contributed by atoms with Crippen LogP contribution in [-0.2, 0) is 6.42 Å². The smallest absolute Gasteiger partial charge is 0.163 e. The van der Waals surface area contributed by atoms with E-state index in [1.54, 1.807) is 0 Å². The van der Waals surface area contributed by atoms with E-state index in [1.807, 2.05) is 28.9 Å². The number of nitrogens with zero attached hydrogens (tertiary/aromatic N) is 4. The third kappa shape index (κ3) is 2.54. The quantitative estimate of drug-likeness (QED) is 0.769. The Hall–Kier alpha value is -2.18. The topological polar surface area (TPSA) is 89.9 Å². The van der Waals surface area contributed by atoms with Crippen LogP contribution >= 0.6 is 11.6 Å². The van der Waals surface area contributed by atoms with Gasteiger partial charge in [-0.15, -0.1) is 0 Å². The summed E-state index contributed by atoms with van der Waals surface area (Å²) in [6, 6.07) is 7.84. The van der Waals surface area contributed by atoms with E-state index >= 15 is 0 Å². The number of benzene rings is 1. The van der Waals surface area contributed by atoms with Crippen molar-refractivity contribution in [2.24, 2.45) is 0 Å². The van der Waals surface area contributed by atoms with Crippen molar-refractivity contribution < 1.29 is 5.11 Å². The van der Waals surface area contributed by atoms with Gasteiger partial charge in [0.1, 0.15) is 12.1 Å². The minimum Gasteiger partial charge on any atom is -0.393 e. The van der Waals surface area contributed by atoms with Gasteiger partial charge in [0.2, 0.25) is 0 Å². The number of aliphatic hydroxyl groups is 1. The van der Waals surface area contributed by atoms with E-state index in [9.17, 15) is 5.11 Å². The fraction of sp³-hybridized carbons (Fsp3) is 0.312. The molecule has 1 fully saturated rings. The molecule has 0 aliphatic heterocycles. The number of halogens is 1. The Balaban J connectivity index is 1.79. The van der Waals surface area contributed by atoms with Crippen LogP contribution in [-0.4, -0.2) is 31.0 Å². The maximum atomic E-state index is 9.57. The minimum atomic E-state index is -0.255. The third-order valence-corrected chi connectivity index (χ3v) is 4.52. The number of nitrogens with two attached hydrogens (primary N) is 1. The van der Waals surface area contributed by atoms with Crippen molar-refractivity contribution in [3.05, 3.63) is 46.9 Å². The average Bonchev–Trinajstić information content (AvgIpc) is 2.84. The molecular formula is C16H16ClN5O. The molecular weight excluding hydrogens is 314 g/mol. The summed E-state index contributed by atoms with van der Waals surface area (Å²) in [5.41, 5.74) is 8.68. The van der Waals surface area contributed by atoms with E-state index in [1.165, 1.54) is 6.33 Å². The van der Waals surface area contributed by atoms with E-state index in [2.05, 4.69) is 9.97 Å². The average molecular weight is 330 g/mol. The Morgan fingerprint density at radius 3 is 2.87 bits per heavy atom.